The largest absolute Gasteiger partial charge is 0.494 e. The topological polar surface area (TPSA) is 98.1 Å². The number of rotatable bonds is 8. The summed E-state index contributed by atoms with van der Waals surface area (Å²) in [7, 11) is 0. The number of carbonyl (C=O) groups is 2. The van der Waals surface area contributed by atoms with Gasteiger partial charge in [0.15, 0.2) is 5.69 Å². The molecule has 3 aromatic carbocycles. The second-order valence-corrected chi connectivity index (χ2v) is 7.23. The van der Waals surface area contributed by atoms with Crippen molar-refractivity contribution in [1.82, 2.24) is 15.0 Å². The molecule has 0 aliphatic rings. The average Bonchev–Trinajstić information content (AvgIpc) is 3.30. The van der Waals surface area contributed by atoms with E-state index in [2.05, 4.69) is 20.9 Å². The number of hydrogen-bond donors (Lipinski definition) is 2. The summed E-state index contributed by atoms with van der Waals surface area (Å²) < 4.78 is 7.01. The molecule has 8 heteroatoms. The highest BCUT2D eigenvalue weighted by molar-refractivity contribution is 6.05. The normalized spacial score (nSPS) is 10.5. The molecule has 1 heterocycles. The molecule has 8 nitrogen and oxygen atoms in total. The van der Waals surface area contributed by atoms with Gasteiger partial charge in [0.25, 0.3) is 11.8 Å². The molecule has 33 heavy (non-hydrogen) atoms. The van der Waals surface area contributed by atoms with Gasteiger partial charge in [-0.15, -0.1) is 5.10 Å². The fourth-order valence-corrected chi connectivity index (χ4v) is 3.15. The Bertz CT molecular complexity index is 1220. The monoisotopic (exact) mass is 441 g/mol. The van der Waals surface area contributed by atoms with Crippen LogP contribution >= 0.6 is 0 Å². The number of ether oxygens (including phenoxy) is 1. The van der Waals surface area contributed by atoms with Gasteiger partial charge >= 0.3 is 0 Å². The standard InChI is InChI=1S/C25H23N5O3/c1-2-33-22-14-12-21(13-15-22)26-24(31)19-8-10-20(11-9-19)27-25(32)23-17-30(29-28-23)16-18-6-4-3-5-7-18/h3-15,17H,2,16H2,1H3,(H,26,31)(H,27,32). The Kier molecular flexibility index (Phi) is 6.75. The van der Waals surface area contributed by atoms with E-state index in [1.54, 1.807) is 59.4 Å². The summed E-state index contributed by atoms with van der Waals surface area (Å²) in [5, 5.41) is 13.6. The van der Waals surface area contributed by atoms with Crippen LogP contribution in [0.3, 0.4) is 0 Å². The van der Waals surface area contributed by atoms with Crippen LogP contribution in [0.5, 0.6) is 5.75 Å². The highest BCUT2D eigenvalue weighted by Gasteiger charge is 2.12. The van der Waals surface area contributed by atoms with Gasteiger partial charge in [0.05, 0.1) is 19.3 Å². The van der Waals surface area contributed by atoms with Crippen LogP contribution in [-0.2, 0) is 6.54 Å². The summed E-state index contributed by atoms with van der Waals surface area (Å²) in [4.78, 5) is 25.0. The van der Waals surface area contributed by atoms with E-state index in [0.29, 0.717) is 30.1 Å². The summed E-state index contributed by atoms with van der Waals surface area (Å²) >= 11 is 0. The lowest BCUT2D eigenvalue weighted by molar-refractivity contribution is 0.101. The minimum Gasteiger partial charge on any atom is -0.494 e. The molecule has 0 saturated carbocycles. The number of hydrogen-bond acceptors (Lipinski definition) is 5. The van der Waals surface area contributed by atoms with Crippen LogP contribution in [0.25, 0.3) is 0 Å². The molecular formula is C25H23N5O3. The number of aromatic nitrogens is 3. The molecule has 0 fully saturated rings. The van der Waals surface area contributed by atoms with Crippen LogP contribution < -0.4 is 15.4 Å². The Hall–Kier alpha value is -4.46. The Morgan fingerprint density at radius 3 is 2.15 bits per heavy atom. The zero-order valence-corrected chi connectivity index (χ0v) is 18.1. The van der Waals surface area contributed by atoms with E-state index in [0.717, 1.165) is 11.3 Å². The van der Waals surface area contributed by atoms with Crippen molar-refractivity contribution in [2.24, 2.45) is 0 Å². The van der Waals surface area contributed by atoms with Gasteiger partial charge in [-0.25, -0.2) is 4.68 Å². The summed E-state index contributed by atoms with van der Waals surface area (Å²) in [6, 6.07) is 23.6. The SMILES string of the molecule is CCOc1ccc(NC(=O)c2ccc(NC(=O)c3cn(Cc4ccccc4)nn3)cc2)cc1. The highest BCUT2D eigenvalue weighted by atomic mass is 16.5. The molecule has 4 aromatic rings. The fourth-order valence-electron chi connectivity index (χ4n) is 3.15. The number of carbonyl (C=O) groups excluding carboxylic acids is 2. The predicted octanol–water partition coefficient (Wildman–Crippen LogP) is 4.23. The van der Waals surface area contributed by atoms with Crippen molar-refractivity contribution < 1.29 is 14.3 Å². The van der Waals surface area contributed by atoms with Crippen LogP contribution in [0.2, 0.25) is 0 Å². The molecule has 0 aliphatic carbocycles. The van der Waals surface area contributed by atoms with Gasteiger partial charge < -0.3 is 15.4 Å². The summed E-state index contributed by atoms with van der Waals surface area (Å²) in [6.07, 6.45) is 1.60. The zero-order chi connectivity index (χ0) is 23.0. The Morgan fingerprint density at radius 1 is 0.848 bits per heavy atom. The minimum absolute atomic E-state index is 0.211. The summed E-state index contributed by atoms with van der Waals surface area (Å²) in [5.74, 6) is 0.123. The first-order valence-electron chi connectivity index (χ1n) is 10.5. The molecule has 0 aliphatic heterocycles. The van der Waals surface area contributed by atoms with E-state index >= 15 is 0 Å². The molecule has 0 radical (unpaired) electrons. The van der Waals surface area contributed by atoms with Crippen molar-refractivity contribution in [3.8, 4) is 5.75 Å². The van der Waals surface area contributed by atoms with Crippen LogP contribution in [0.4, 0.5) is 11.4 Å². The molecule has 0 bridgehead atoms. The van der Waals surface area contributed by atoms with Gasteiger partial charge in [-0.2, -0.15) is 0 Å². The maximum atomic E-state index is 12.5. The van der Waals surface area contributed by atoms with Gasteiger partial charge in [-0.3, -0.25) is 9.59 Å². The van der Waals surface area contributed by atoms with Crippen LogP contribution in [0, 0.1) is 0 Å². The van der Waals surface area contributed by atoms with Crippen LogP contribution in [0.1, 0.15) is 33.3 Å². The maximum absolute atomic E-state index is 12.5. The molecule has 0 unspecified atom stereocenters. The van der Waals surface area contributed by atoms with Gasteiger partial charge in [-0.1, -0.05) is 35.5 Å². The third-order valence-corrected chi connectivity index (χ3v) is 4.79. The number of nitrogens with one attached hydrogen (secondary N) is 2. The Labute approximate surface area is 191 Å². The van der Waals surface area contributed by atoms with Crippen molar-refractivity contribution in [2.75, 3.05) is 17.2 Å². The molecule has 0 atom stereocenters. The molecule has 0 spiro atoms. The Morgan fingerprint density at radius 2 is 1.48 bits per heavy atom. The van der Waals surface area contributed by atoms with Gasteiger partial charge in [0, 0.05) is 16.9 Å². The molecule has 166 valence electrons. The third-order valence-electron chi connectivity index (χ3n) is 4.79. The van der Waals surface area contributed by atoms with Gasteiger partial charge in [0.1, 0.15) is 5.75 Å². The maximum Gasteiger partial charge on any atom is 0.277 e. The van der Waals surface area contributed by atoms with E-state index in [4.69, 9.17) is 4.74 Å². The van der Waals surface area contributed by atoms with Gasteiger partial charge in [-0.05, 0) is 61.0 Å². The van der Waals surface area contributed by atoms with Crippen molar-refractivity contribution in [1.29, 1.82) is 0 Å². The lowest BCUT2D eigenvalue weighted by Crippen LogP contribution is -2.14. The minimum atomic E-state index is -0.374. The zero-order valence-electron chi connectivity index (χ0n) is 18.1. The first kappa shape index (κ1) is 21.8. The number of benzene rings is 3. The highest BCUT2D eigenvalue weighted by Crippen LogP contribution is 2.17. The molecule has 2 N–H and O–H groups in total. The van der Waals surface area contributed by atoms with E-state index in [1.165, 1.54) is 0 Å². The van der Waals surface area contributed by atoms with Crippen molar-refractivity contribution in [3.05, 3.63) is 102 Å². The van der Waals surface area contributed by atoms with E-state index in [1.807, 2.05) is 37.3 Å². The van der Waals surface area contributed by atoms with Crippen molar-refractivity contribution in [3.63, 3.8) is 0 Å². The number of nitrogens with zero attached hydrogens (tertiary/aromatic N) is 3. The number of anilines is 2. The predicted molar refractivity (Wildman–Crippen MR) is 126 cm³/mol. The fraction of sp³-hybridized carbons (Fsp3) is 0.120. The Balaban J connectivity index is 1.33. The molecule has 1 aromatic heterocycles. The lowest BCUT2D eigenvalue weighted by Gasteiger charge is -2.08. The summed E-state index contributed by atoms with van der Waals surface area (Å²) in [6.45, 7) is 3.03. The first-order chi connectivity index (χ1) is 16.1. The first-order valence-corrected chi connectivity index (χ1v) is 10.5. The average molecular weight is 441 g/mol. The molecule has 4 rings (SSSR count). The van der Waals surface area contributed by atoms with Gasteiger partial charge in [0.2, 0.25) is 0 Å². The molecule has 2 amide bonds. The lowest BCUT2D eigenvalue weighted by atomic mass is 10.2. The van der Waals surface area contributed by atoms with Crippen LogP contribution in [0.15, 0.2) is 85.1 Å². The quantitative estimate of drug-likeness (QED) is 0.426. The van der Waals surface area contributed by atoms with Crippen molar-refractivity contribution >= 4 is 23.2 Å². The second-order valence-electron chi connectivity index (χ2n) is 7.23. The van der Waals surface area contributed by atoms with Crippen molar-refractivity contribution in [2.45, 2.75) is 13.5 Å². The molecule has 0 saturated heterocycles. The number of amides is 2. The van der Waals surface area contributed by atoms with E-state index < -0.39 is 0 Å². The third kappa shape index (κ3) is 5.82. The van der Waals surface area contributed by atoms with E-state index in [9.17, 15) is 9.59 Å². The van der Waals surface area contributed by atoms with E-state index in [-0.39, 0.29) is 17.5 Å². The smallest absolute Gasteiger partial charge is 0.277 e. The summed E-state index contributed by atoms with van der Waals surface area (Å²) in [5.41, 5.74) is 2.96. The molecular weight excluding hydrogens is 418 g/mol. The second kappa shape index (κ2) is 10.2. The van der Waals surface area contributed by atoms with Crippen LogP contribution in [-0.4, -0.2) is 33.4 Å².